The van der Waals surface area contributed by atoms with Gasteiger partial charge in [0.05, 0.1) is 10.9 Å². The van der Waals surface area contributed by atoms with Crippen LogP contribution in [0.5, 0.6) is 0 Å². The quantitative estimate of drug-likeness (QED) is 0.710. The first-order chi connectivity index (χ1) is 13.6. The van der Waals surface area contributed by atoms with Crippen LogP contribution in [-0.4, -0.2) is 44.9 Å². The van der Waals surface area contributed by atoms with Gasteiger partial charge in [0.1, 0.15) is 6.54 Å². The number of thioether (sulfide) groups is 1. The van der Waals surface area contributed by atoms with Gasteiger partial charge in [-0.1, -0.05) is 12.1 Å². The maximum atomic E-state index is 13.0. The number of pyridine rings is 1. The number of piperidine rings is 1. The third kappa shape index (κ3) is 3.88. The summed E-state index contributed by atoms with van der Waals surface area (Å²) in [6.45, 7) is 0.406. The summed E-state index contributed by atoms with van der Waals surface area (Å²) in [4.78, 5) is 46.3. The van der Waals surface area contributed by atoms with E-state index >= 15 is 0 Å². The molecule has 2 aromatic rings. The normalized spacial score (nSPS) is 21.6. The zero-order valence-electron chi connectivity index (χ0n) is 15.1. The Hall–Kier alpha value is -2.45. The van der Waals surface area contributed by atoms with Crippen molar-refractivity contribution in [1.29, 1.82) is 0 Å². The molecule has 0 saturated carbocycles. The summed E-state index contributed by atoms with van der Waals surface area (Å²) in [7, 11) is 0. The summed E-state index contributed by atoms with van der Waals surface area (Å²) >= 11 is 2.39. The van der Waals surface area contributed by atoms with Crippen LogP contribution in [0.4, 0.5) is 4.79 Å². The van der Waals surface area contributed by atoms with Gasteiger partial charge in [0.25, 0.3) is 11.1 Å². The number of nitrogens with zero attached hydrogens (tertiary/aromatic N) is 3. The first-order valence-corrected chi connectivity index (χ1v) is 10.8. The molecule has 3 amide bonds. The highest BCUT2D eigenvalue weighted by Gasteiger charge is 2.38. The van der Waals surface area contributed by atoms with Gasteiger partial charge in [-0.05, 0) is 60.2 Å². The van der Waals surface area contributed by atoms with Gasteiger partial charge < -0.3 is 4.90 Å². The number of rotatable bonds is 4. The average molecular weight is 414 g/mol. The minimum Gasteiger partial charge on any atom is -0.334 e. The fraction of sp³-hybridized carbons (Fsp3) is 0.300. The molecule has 6 nitrogen and oxygen atoms in total. The molecule has 2 aliphatic rings. The Morgan fingerprint density at radius 3 is 2.89 bits per heavy atom. The van der Waals surface area contributed by atoms with Gasteiger partial charge in [-0.15, -0.1) is 11.3 Å². The van der Waals surface area contributed by atoms with Crippen molar-refractivity contribution < 1.29 is 14.4 Å². The number of imide groups is 1. The summed E-state index contributed by atoms with van der Waals surface area (Å²) in [6, 6.07) is 7.54. The molecule has 2 aromatic heterocycles. The van der Waals surface area contributed by atoms with E-state index in [1.165, 1.54) is 11.3 Å². The highest BCUT2D eigenvalue weighted by molar-refractivity contribution is 8.18. The molecule has 28 heavy (non-hydrogen) atoms. The minimum absolute atomic E-state index is 0.0588. The van der Waals surface area contributed by atoms with Gasteiger partial charge in [-0.3, -0.25) is 24.3 Å². The van der Waals surface area contributed by atoms with E-state index in [0.29, 0.717) is 11.4 Å². The fourth-order valence-corrected chi connectivity index (χ4v) is 5.08. The van der Waals surface area contributed by atoms with Crippen molar-refractivity contribution in [3.05, 3.63) is 57.4 Å². The van der Waals surface area contributed by atoms with Gasteiger partial charge in [0.15, 0.2) is 0 Å². The van der Waals surface area contributed by atoms with Crippen LogP contribution in [0.1, 0.15) is 35.7 Å². The van der Waals surface area contributed by atoms with Gasteiger partial charge in [-0.2, -0.15) is 0 Å². The number of carbonyl (C=O) groups excluding carboxylic acids is 3. The molecule has 8 heteroatoms. The van der Waals surface area contributed by atoms with Crippen LogP contribution in [0, 0.1) is 0 Å². The summed E-state index contributed by atoms with van der Waals surface area (Å²) in [5, 5.41) is 1.52. The third-order valence-electron chi connectivity index (χ3n) is 4.88. The Morgan fingerprint density at radius 1 is 1.25 bits per heavy atom. The zero-order valence-corrected chi connectivity index (χ0v) is 16.7. The number of likely N-dealkylation sites (tertiary alicyclic amines) is 1. The van der Waals surface area contributed by atoms with Crippen LogP contribution in [0.25, 0.3) is 6.08 Å². The Labute approximate surface area is 171 Å². The van der Waals surface area contributed by atoms with E-state index in [2.05, 4.69) is 4.98 Å². The maximum Gasteiger partial charge on any atom is 0.294 e. The van der Waals surface area contributed by atoms with Crippen molar-refractivity contribution in [2.75, 3.05) is 13.1 Å². The van der Waals surface area contributed by atoms with Crippen LogP contribution in [0.15, 0.2) is 46.9 Å². The molecular formula is C20H19N3O3S2. The molecule has 2 aliphatic heterocycles. The Balaban J connectivity index is 1.49. The van der Waals surface area contributed by atoms with Crippen molar-refractivity contribution in [3.8, 4) is 0 Å². The Morgan fingerprint density at radius 2 is 2.14 bits per heavy atom. The number of hydrogen-bond acceptors (Lipinski definition) is 6. The Kier molecular flexibility index (Phi) is 5.59. The van der Waals surface area contributed by atoms with Crippen LogP contribution < -0.4 is 0 Å². The fourth-order valence-electron chi connectivity index (χ4n) is 3.51. The highest BCUT2D eigenvalue weighted by atomic mass is 32.2. The van der Waals surface area contributed by atoms with Crippen molar-refractivity contribution in [2.24, 2.45) is 0 Å². The van der Waals surface area contributed by atoms with Crippen LogP contribution in [-0.2, 0) is 9.59 Å². The lowest BCUT2D eigenvalue weighted by Crippen LogP contribution is -2.45. The van der Waals surface area contributed by atoms with Crippen molar-refractivity contribution >= 4 is 46.2 Å². The molecule has 0 aliphatic carbocycles. The first-order valence-electron chi connectivity index (χ1n) is 9.12. The predicted molar refractivity (Wildman–Crippen MR) is 110 cm³/mol. The summed E-state index contributed by atoms with van der Waals surface area (Å²) in [6.07, 6.45) is 8.01. The van der Waals surface area contributed by atoms with Crippen molar-refractivity contribution in [1.82, 2.24) is 14.8 Å². The van der Waals surface area contributed by atoms with Crippen molar-refractivity contribution in [2.45, 2.75) is 25.3 Å². The molecule has 0 bridgehead atoms. The predicted octanol–water partition coefficient (Wildman–Crippen LogP) is 3.93. The van der Waals surface area contributed by atoms with Crippen LogP contribution in [0.3, 0.4) is 0 Å². The molecular weight excluding hydrogens is 394 g/mol. The molecule has 1 atom stereocenters. The minimum atomic E-state index is -0.397. The standard InChI is InChI=1S/C20H19N3O3S2/c24-18(22-9-2-1-7-16(22)14-5-3-8-21-12-14)13-23-19(25)17(28-20(23)26)11-15-6-4-10-27-15/h3-6,8,10-12,16H,1-2,7,9,13H2/b17-11+/t16-/m1/s1. The average Bonchev–Trinajstić information content (AvgIpc) is 3.33. The van der Waals surface area contributed by atoms with E-state index < -0.39 is 11.1 Å². The lowest BCUT2D eigenvalue weighted by atomic mass is 9.96. The van der Waals surface area contributed by atoms with Gasteiger partial charge >= 0.3 is 0 Å². The zero-order chi connectivity index (χ0) is 19.5. The van der Waals surface area contributed by atoms with Gasteiger partial charge in [0.2, 0.25) is 5.91 Å². The van der Waals surface area contributed by atoms with E-state index in [1.54, 1.807) is 23.4 Å². The summed E-state index contributed by atoms with van der Waals surface area (Å²) in [5.74, 6) is -0.597. The van der Waals surface area contributed by atoms with Crippen LogP contribution in [0.2, 0.25) is 0 Å². The number of amides is 3. The molecule has 0 radical (unpaired) electrons. The molecule has 2 fully saturated rings. The van der Waals surface area contributed by atoms with E-state index in [0.717, 1.165) is 46.4 Å². The third-order valence-corrected chi connectivity index (χ3v) is 6.60. The smallest absolute Gasteiger partial charge is 0.294 e. The van der Waals surface area contributed by atoms with Crippen molar-refractivity contribution in [3.63, 3.8) is 0 Å². The number of hydrogen-bond donors (Lipinski definition) is 0. The number of thiophene rings is 1. The van der Waals surface area contributed by atoms with E-state index in [9.17, 15) is 14.4 Å². The molecule has 0 N–H and O–H groups in total. The second kappa shape index (κ2) is 8.28. The SMILES string of the molecule is O=C1S/C(=C/c2cccs2)C(=O)N1CC(=O)N1CCCC[C@@H]1c1cccnc1. The van der Waals surface area contributed by atoms with E-state index in [4.69, 9.17) is 0 Å². The van der Waals surface area contributed by atoms with Crippen LogP contribution >= 0.6 is 23.1 Å². The Bertz CT molecular complexity index is 912. The van der Waals surface area contributed by atoms with E-state index in [-0.39, 0.29) is 18.5 Å². The maximum absolute atomic E-state index is 13.0. The number of carbonyl (C=O) groups is 3. The topological polar surface area (TPSA) is 70.6 Å². The first kappa shape index (κ1) is 18.9. The molecule has 0 unspecified atom stereocenters. The molecule has 0 spiro atoms. The summed E-state index contributed by atoms with van der Waals surface area (Å²) < 4.78 is 0. The molecule has 2 saturated heterocycles. The summed E-state index contributed by atoms with van der Waals surface area (Å²) in [5.41, 5.74) is 0.988. The van der Waals surface area contributed by atoms with Gasteiger partial charge in [-0.25, -0.2) is 0 Å². The molecule has 4 heterocycles. The number of aromatic nitrogens is 1. The molecule has 0 aromatic carbocycles. The second-order valence-electron chi connectivity index (χ2n) is 6.67. The highest BCUT2D eigenvalue weighted by Crippen LogP contribution is 2.34. The monoisotopic (exact) mass is 413 g/mol. The van der Waals surface area contributed by atoms with Gasteiger partial charge in [0, 0.05) is 23.8 Å². The molecule has 144 valence electrons. The lowest BCUT2D eigenvalue weighted by Gasteiger charge is -2.36. The van der Waals surface area contributed by atoms with E-state index in [1.807, 2.05) is 29.6 Å². The largest absolute Gasteiger partial charge is 0.334 e. The molecule has 4 rings (SSSR count). The second-order valence-corrected chi connectivity index (χ2v) is 8.64. The lowest BCUT2D eigenvalue weighted by molar-refractivity contribution is -0.138.